The summed E-state index contributed by atoms with van der Waals surface area (Å²) in [6.07, 6.45) is 0.973. The number of carbonyl (C=O) groups excluding carboxylic acids is 4. The van der Waals surface area contributed by atoms with Gasteiger partial charge < -0.3 is 20.7 Å². The zero-order chi connectivity index (χ0) is 34.3. The Morgan fingerprint density at radius 2 is 2.00 bits per heavy atom. The van der Waals surface area contributed by atoms with Crippen LogP contribution < -0.4 is 16.0 Å². The SMILES string of the molecule is CCN1C(=O)[C@@H](NC(=O)c2cccc(C(F)(F)F)c2)[C@@H](C2C=CC(F)=CC2C)c2c(C(=O)N3[C@@H]4C[C@@H]4CC3(N)C=O)nn(C3COC3)c21. The maximum absolute atomic E-state index is 14.6. The molecule has 2 aromatic rings. The molecule has 5 aliphatic rings. The van der Waals surface area contributed by atoms with Crippen molar-refractivity contribution in [2.45, 2.75) is 62.6 Å². The molecule has 3 N–H and O–H groups in total. The van der Waals surface area contributed by atoms with Crippen LogP contribution in [0.25, 0.3) is 0 Å². The van der Waals surface area contributed by atoms with Crippen molar-refractivity contribution in [2.75, 3.05) is 24.7 Å². The van der Waals surface area contributed by atoms with Gasteiger partial charge in [0.1, 0.15) is 29.4 Å². The lowest BCUT2D eigenvalue weighted by Crippen LogP contribution is -2.59. The number of fused-ring (bicyclic) bond motifs is 2. The van der Waals surface area contributed by atoms with Crippen LogP contribution in [0, 0.1) is 17.8 Å². The van der Waals surface area contributed by atoms with E-state index in [0.29, 0.717) is 30.2 Å². The van der Waals surface area contributed by atoms with Crippen molar-refractivity contribution in [2.24, 2.45) is 23.5 Å². The zero-order valence-electron chi connectivity index (χ0n) is 26.1. The highest BCUT2D eigenvalue weighted by Crippen LogP contribution is 2.53. The Bertz CT molecular complexity index is 1770. The van der Waals surface area contributed by atoms with E-state index in [9.17, 15) is 36.7 Å². The van der Waals surface area contributed by atoms with Crippen LogP contribution in [-0.2, 0) is 20.5 Å². The summed E-state index contributed by atoms with van der Waals surface area (Å²) in [5.74, 6) is -4.49. The molecule has 7 rings (SSSR count). The molecule has 2 saturated heterocycles. The van der Waals surface area contributed by atoms with Crippen molar-refractivity contribution in [3.05, 3.63) is 70.7 Å². The van der Waals surface area contributed by atoms with Gasteiger partial charge >= 0.3 is 6.18 Å². The highest BCUT2D eigenvalue weighted by Gasteiger charge is 2.62. The van der Waals surface area contributed by atoms with Crippen molar-refractivity contribution in [3.63, 3.8) is 0 Å². The standard InChI is InChI=1S/C33H34F4N6O5/c1-3-41-29-25(27(40-43(29)21-13-48-14-21)31(47)42-23-11-18(23)12-32(42,38)15-44)24(22-8-7-20(34)9-16(22)2)26(30(41)46)39-28(45)17-5-4-6-19(10-17)33(35,36)37/h4-10,15-16,18,21-24,26H,3,11-14,38H2,1-2H3,(H,39,45)/t16?,18-,22?,23-,24+,26+,32?/m1/s1. The van der Waals surface area contributed by atoms with Crippen molar-refractivity contribution >= 4 is 29.8 Å². The minimum absolute atomic E-state index is 0.0560. The molecule has 11 nitrogen and oxygen atoms in total. The highest BCUT2D eigenvalue weighted by molar-refractivity contribution is 6.07. The summed E-state index contributed by atoms with van der Waals surface area (Å²) in [5, 5.41) is 7.45. The molecule has 3 amide bonds. The second kappa shape index (κ2) is 11.4. The first-order valence-electron chi connectivity index (χ1n) is 15.9. The van der Waals surface area contributed by atoms with Crippen LogP contribution in [0.1, 0.15) is 70.6 Å². The van der Waals surface area contributed by atoms with Gasteiger partial charge in [0.15, 0.2) is 12.0 Å². The third kappa shape index (κ3) is 5.05. The molecule has 3 aliphatic heterocycles. The van der Waals surface area contributed by atoms with Crippen LogP contribution in [0.3, 0.4) is 0 Å². The van der Waals surface area contributed by atoms with Gasteiger partial charge in [0.2, 0.25) is 0 Å². The van der Waals surface area contributed by atoms with Crippen LogP contribution >= 0.6 is 0 Å². The van der Waals surface area contributed by atoms with Gasteiger partial charge in [-0.2, -0.15) is 18.3 Å². The number of ether oxygens (including phenoxy) is 1. The first kappa shape index (κ1) is 32.2. The summed E-state index contributed by atoms with van der Waals surface area (Å²) in [6.45, 7) is 4.04. The van der Waals surface area contributed by atoms with E-state index in [0.717, 1.165) is 12.1 Å². The van der Waals surface area contributed by atoms with Gasteiger partial charge in [-0.25, -0.2) is 9.07 Å². The number of aromatic nitrogens is 2. The molecule has 15 heteroatoms. The number of piperidine rings is 1. The van der Waals surface area contributed by atoms with E-state index >= 15 is 0 Å². The number of aldehydes is 1. The molecule has 3 fully saturated rings. The summed E-state index contributed by atoms with van der Waals surface area (Å²) < 4.78 is 62.1. The number of hydrogen-bond donors (Lipinski definition) is 2. The average Bonchev–Trinajstić information content (AvgIpc) is 3.54. The van der Waals surface area contributed by atoms with Gasteiger partial charge in [0.25, 0.3) is 17.7 Å². The fraction of sp³-hybridized carbons (Fsp3) is 0.485. The average molecular weight is 671 g/mol. The number of hydrogen-bond acceptors (Lipinski definition) is 7. The maximum Gasteiger partial charge on any atom is 0.416 e. The summed E-state index contributed by atoms with van der Waals surface area (Å²) in [7, 11) is 0. The Hall–Kier alpha value is -4.37. The van der Waals surface area contributed by atoms with E-state index in [1.165, 1.54) is 28.0 Å². The molecule has 0 bridgehead atoms. The normalized spacial score (nSPS) is 31.1. The van der Waals surface area contributed by atoms with E-state index in [1.807, 2.05) is 0 Å². The molecule has 0 spiro atoms. The van der Waals surface area contributed by atoms with Crippen LogP contribution in [0.2, 0.25) is 0 Å². The number of nitrogens with zero attached hydrogens (tertiary/aromatic N) is 4. The van der Waals surface area contributed by atoms with E-state index in [2.05, 4.69) is 5.32 Å². The van der Waals surface area contributed by atoms with Crippen LogP contribution in [-0.4, -0.2) is 76.2 Å². The fourth-order valence-electron chi connectivity index (χ4n) is 7.71. The van der Waals surface area contributed by atoms with Crippen molar-refractivity contribution in [3.8, 4) is 0 Å². The number of nitrogens with two attached hydrogens (primary N) is 1. The Balaban J connectivity index is 1.39. The van der Waals surface area contributed by atoms with Crippen molar-refractivity contribution in [1.29, 1.82) is 0 Å². The third-order valence-electron chi connectivity index (χ3n) is 10.2. The van der Waals surface area contributed by atoms with Gasteiger partial charge in [-0.05, 0) is 67.9 Å². The number of likely N-dealkylation sites (N-methyl/N-ethyl adjacent to an activating group) is 1. The van der Waals surface area contributed by atoms with E-state index in [-0.39, 0.29) is 55.4 Å². The number of alkyl halides is 3. The number of halogens is 4. The second-order valence-corrected chi connectivity index (χ2v) is 13.3. The van der Waals surface area contributed by atoms with E-state index < -0.39 is 64.7 Å². The topological polar surface area (TPSA) is 140 Å². The molecule has 1 aromatic heterocycles. The smallest absolute Gasteiger partial charge is 0.377 e. The third-order valence-corrected chi connectivity index (χ3v) is 10.2. The lowest BCUT2D eigenvalue weighted by molar-refractivity contribution is -0.137. The van der Waals surface area contributed by atoms with Crippen LogP contribution in [0.15, 0.2) is 48.3 Å². The fourth-order valence-corrected chi connectivity index (χ4v) is 7.71. The molecular weight excluding hydrogens is 636 g/mol. The second-order valence-electron chi connectivity index (χ2n) is 13.3. The first-order valence-corrected chi connectivity index (χ1v) is 15.9. The molecule has 1 aromatic carbocycles. The minimum Gasteiger partial charge on any atom is -0.377 e. The molecule has 7 atom stereocenters. The zero-order valence-corrected chi connectivity index (χ0v) is 26.1. The molecule has 4 heterocycles. The van der Waals surface area contributed by atoms with Crippen LogP contribution in [0.5, 0.6) is 0 Å². The number of amides is 3. The molecule has 2 aliphatic carbocycles. The van der Waals surface area contributed by atoms with Crippen LogP contribution in [0.4, 0.5) is 23.4 Å². The number of anilines is 1. The molecule has 3 unspecified atom stereocenters. The molecule has 254 valence electrons. The Labute approximate surface area is 272 Å². The summed E-state index contributed by atoms with van der Waals surface area (Å²) in [5.41, 5.74) is 3.77. The van der Waals surface area contributed by atoms with Crippen molar-refractivity contribution < 1.29 is 41.5 Å². The summed E-state index contributed by atoms with van der Waals surface area (Å²) in [6, 6.07) is 1.84. The largest absolute Gasteiger partial charge is 0.416 e. The quantitative estimate of drug-likeness (QED) is 0.340. The Morgan fingerprint density at radius 3 is 2.62 bits per heavy atom. The Kier molecular flexibility index (Phi) is 7.62. The van der Waals surface area contributed by atoms with Gasteiger partial charge in [0.05, 0.1) is 18.8 Å². The molecular formula is C33H34F4N6O5. The van der Waals surface area contributed by atoms with E-state index in [1.54, 1.807) is 24.6 Å². The predicted molar refractivity (Wildman–Crippen MR) is 162 cm³/mol. The minimum atomic E-state index is -4.71. The van der Waals surface area contributed by atoms with Gasteiger partial charge in [-0.15, -0.1) is 0 Å². The highest BCUT2D eigenvalue weighted by atomic mass is 19.4. The monoisotopic (exact) mass is 670 g/mol. The number of nitrogens with one attached hydrogen (secondary N) is 1. The van der Waals surface area contributed by atoms with Gasteiger partial charge in [0, 0.05) is 29.6 Å². The predicted octanol–water partition coefficient (Wildman–Crippen LogP) is 3.49. The number of allylic oxidation sites excluding steroid dienone is 4. The molecule has 1 saturated carbocycles. The Morgan fingerprint density at radius 1 is 1.25 bits per heavy atom. The summed E-state index contributed by atoms with van der Waals surface area (Å²) in [4.78, 5) is 57.7. The summed E-state index contributed by atoms with van der Waals surface area (Å²) >= 11 is 0. The lowest BCUT2D eigenvalue weighted by atomic mass is 9.70. The number of rotatable bonds is 7. The van der Waals surface area contributed by atoms with E-state index in [4.69, 9.17) is 15.6 Å². The number of carbonyl (C=O) groups is 4. The van der Waals surface area contributed by atoms with Crippen molar-refractivity contribution in [1.82, 2.24) is 20.0 Å². The van der Waals surface area contributed by atoms with Gasteiger partial charge in [-0.3, -0.25) is 24.1 Å². The maximum atomic E-state index is 14.6. The number of likely N-dealkylation sites (tertiary alicyclic amines) is 1. The van der Waals surface area contributed by atoms with Gasteiger partial charge in [-0.1, -0.05) is 19.1 Å². The number of benzene rings is 1. The first-order chi connectivity index (χ1) is 22.8. The molecule has 48 heavy (non-hydrogen) atoms. The lowest BCUT2D eigenvalue weighted by Gasteiger charge is -2.43. The molecule has 0 radical (unpaired) electrons.